The smallest absolute Gasteiger partial charge is 0.160 e. The van der Waals surface area contributed by atoms with E-state index in [1.54, 1.807) is 18.2 Å². The Morgan fingerprint density at radius 2 is 1.90 bits per heavy atom. The molecule has 1 aliphatic heterocycles. The Kier molecular flexibility index (Phi) is 3.25. The third-order valence-corrected chi connectivity index (χ3v) is 3.67. The van der Waals surface area contributed by atoms with Crippen molar-refractivity contribution in [3.05, 3.63) is 41.5 Å². The largest absolute Gasteiger partial charge is 0.508 e. The van der Waals surface area contributed by atoms with E-state index in [0.717, 1.165) is 5.56 Å². The molecule has 5 heteroatoms. The Hall–Kier alpha value is -2.56. The molecule has 0 aliphatic carbocycles. The fourth-order valence-corrected chi connectivity index (χ4v) is 2.59. The second kappa shape index (κ2) is 5.09. The van der Waals surface area contributed by atoms with Crippen LogP contribution in [0.1, 0.15) is 23.7 Å². The lowest BCUT2D eigenvalue weighted by molar-refractivity contribution is 0.173. The lowest BCUT2D eigenvalue weighted by Crippen LogP contribution is -2.15. The van der Waals surface area contributed by atoms with Gasteiger partial charge < -0.3 is 24.8 Å². The number of aromatic hydroxyl groups is 3. The summed E-state index contributed by atoms with van der Waals surface area (Å²) in [5, 5.41) is 29.0. The van der Waals surface area contributed by atoms with Gasteiger partial charge in [-0.15, -0.1) is 0 Å². The first-order valence-corrected chi connectivity index (χ1v) is 6.67. The van der Waals surface area contributed by atoms with E-state index in [4.69, 9.17) is 9.47 Å². The molecule has 3 N–H and O–H groups in total. The monoisotopic (exact) mass is 288 g/mol. The molecule has 0 unspecified atom stereocenters. The summed E-state index contributed by atoms with van der Waals surface area (Å²) in [4.78, 5) is 0. The Balaban J connectivity index is 1.92. The van der Waals surface area contributed by atoms with Gasteiger partial charge in [0.05, 0.1) is 7.11 Å². The number of benzene rings is 2. The van der Waals surface area contributed by atoms with E-state index in [0.29, 0.717) is 29.9 Å². The molecule has 0 fully saturated rings. The Morgan fingerprint density at radius 3 is 2.67 bits per heavy atom. The van der Waals surface area contributed by atoms with Crippen molar-refractivity contribution in [2.75, 3.05) is 7.11 Å². The van der Waals surface area contributed by atoms with E-state index in [1.165, 1.54) is 19.2 Å². The van der Waals surface area contributed by atoms with Crippen molar-refractivity contribution in [2.24, 2.45) is 0 Å². The van der Waals surface area contributed by atoms with Gasteiger partial charge in [-0.25, -0.2) is 0 Å². The van der Waals surface area contributed by atoms with E-state index < -0.39 is 0 Å². The molecule has 0 spiro atoms. The fourth-order valence-electron chi connectivity index (χ4n) is 2.59. The number of fused-ring (bicyclic) bond motifs is 1. The number of methoxy groups -OCH3 is 1. The highest BCUT2D eigenvalue weighted by Gasteiger charge is 2.25. The van der Waals surface area contributed by atoms with Gasteiger partial charge in [-0.2, -0.15) is 0 Å². The number of phenolic OH excluding ortho intramolecular Hbond substituents is 3. The Morgan fingerprint density at radius 1 is 1.10 bits per heavy atom. The number of ether oxygens (including phenoxy) is 2. The van der Waals surface area contributed by atoms with Gasteiger partial charge in [0.15, 0.2) is 11.5 Å². The molecule has 0 bridgehead atoms. The zero-order valence-electron chi connectivity index (χ0n) is 11.5. The van der Waals surface area contributed by atoms with Gasteiger partial charge in [-0.1, -0.05) is 6.07 Å². The minimum atomic E-state index is -0.215. The topological polar surface area (TPSA) is 79.2 Å². The van der Waals surface area contributed by atoms with Crippen molar-refractivity contribution in [3.8, 4) is 28.7 Å². The van der Waals surface area contributed by atoms with Gasteiger partial charge in [0.25, 0.3) is 0 Å². The molecule has 2 aromatic rings. The van der Waals surface area contributed by atoms with Crippen LogP contribution >= 0.6 is 0 Å². The van der Waals surface area contributed by atoms with Crippen LogP contribution in [0.2, 0.25) is 0 Å². The summed E-state index contributed by atoms with van der Waals surface area (Å²) >= 11 is 0. The highest BCUT2D eigenvalue weighted by molar-refractivity contribution is 5.51. The predicted molar refractivity (Wildman–Crippen MR) is 76.1 cm³/mol. The van der Waals surface area contributed by atoms with Crippen LogP contribution in [-0.2, 0) is 6.42 Å². The van der Waals surface area contributed by atoms with Gasteiger partial charge in [0.2, 0.25) is 0 Å². The summed E-state index contributed by atoms with van der Waals surface area (Å²) in [6, 6.07) is 7.88. The van der Waals surface area contributed by atoms with Crippen LogP contribution in [0.15, 0.2) is 30.3 Å². The van der Waals surface area contributed by atoms with Crippen LogP contribution in [-0.4, -0.2) is 22.4 Å². The maximum Gasteiger partial charge on any atom is 0.160 e. The van der Waals surface area contributed by atoms with Crippen molar-refractivity contribution >= 4 is 0 Å². The molecule has 3 rings (SSSR count). The van der Waals surface area contributed by atoms with E-state index in [2.05, 4.69) is 0 Å². The molecule has 0 aromatic heterocycles. The number of phenols is 3. The lowest BCUT2D eigenvalue weighted by atomic mass is 9.96. The molecule has 0 saturated carbocycles. The molecular formula is C16H16O5. The molecule has 0 radical (unpaired) electrons. The molecule has 1 atom stereocenters. The summed E-state index contributed by atoms with van der Waals surface area (Å²) in [5.74, 6) is 0.964. The summed E-state index contributed by atoms with van der Waals surface area (Å²) in [5.41, 5.74) is 1.58. The molecule has 0 amide bonds. The van der Waals surface area contributed by atoms with Gasteiger partial charge >= 0.3 is 0 Å². The first kappa shape index (κ1) is 13.4. The Labute approximate surface area is 122 Å². The van der Waals surface area contributed by atoms with E-state index >= 15 is 0 Å². The second-order valence-corrected chi connectivity index (χ2v) is 5.02. The molecular weight excluding hydrogens is 272 g/mol. The van der Waals surface area contributed by atoms with Gasteiger partial charge in [0, 0.05) is 17.7 Å². The van der Waals surface area contributed by atoms with Gasteiger partial charge in [0.1, 0.15) is 23.4 Å². The Bertz CT molecular complexity index is 681. The summed E-state index contributed by atoms with van der Waals surface area (Å²) < 4.78 is 11.0. The minimum Gasteiger partial charge on any atom is -0.508 e. The normalized spacial score (nSPS) is 16.9. The number of hydrogen-bond donors (Lipinski definition) is 3. The third-order valence-electron chi connectivity index (χ3n) is 3.67. The van der Waals surface area contributed by atoms with Crippen molar-refractivity contribution in [2.45, 2.75) is 18.9 Å². The predicted octanol–water partition coefficient (Wildman–Crippen LogP) is 2.88. The third kappa shape index (κ3) is 2.42. The number of hydrogen-bond acceptors (Lipinski definition) is 5. The van der Waals surface area contributed by atoms with Crippen LogP contribution in [0, 0.1) is 0 Å². The standard InChI is InChI=1S/C16H16O5/c1-20-16-6-9(2-4-12(16)18)14-5-3-11-13(19)7-10(17)8-15(11)21-14/h2,4,6-8,14,17-19H,3,5H2,1H3/t14-/m0/s1. The SMILES string of the molecule is COc1cc([C@@H]2CCc3c(O)cc(O)cc3O2)ccc1O. The van der Waals surface area contributed by atoms with E-state index in [-0.39, 0.29) is 23.4 Å². The molecule has 5 nitrogen and oxygen atoms in total. The summed E-state index contributed by atoms with van der Waals surface area (Å²) in [7, 11) is 1.49. The maximum atomic E-state index is 9.82. The van der Waals surface area contributed by atoms with Gasteiger partial charge in [-0.05, 0) is 30.5 Å². The van der Waals surface area contributed by atoms with Crippen LogP contribution in [0.25, 0.3) is 0 Å². The zero-order valence-corrected chi connectivity index (χ0v) is 11.5. The average Bonchev–Trinajstić information content (AvgIpc) is 2.47. The van der Waals surface area contributed by atoms with Crippen LogP contribution < -0.4 is 9.47 Å². The molecule has 21 heavy (non-hydrogen) atoms. The minimum absolute atomic E-state index is 0.0322. The zero-order chi connectivity index (χ0) is 15.0. The first-order chi connectivity index (χ1) is 10.1. The van der Waals surface area contributed by atoms with Gasteiger partial charge in [-0.3, -0.25) is 0 Å². The van der Waals surface area contributed by atoms with E-state index in [1.807, 2.05) is 0 Å². The lowest BCUT2D eigenvalue weighted by Gasteiger charge is -2.27. The average molecular weight is 288 g/mol. The van der Waals surface area contributed by atoms with E-state index in [9.17, 15) is 15.3 Å². The molecule has 1 heterocycles. The molecule has 0 saturated heterocycles. The van der Waals surface area contributed by atoms with Crippen molar-refractivity contribution in [1.82, 2.24) is 0 Å². The molecule has 1 aliphatic rings. The quantitative estimate of drug-likeness (QED) is 0.792. The second-order valence-electron chi connectivity index (χ2n) is 5.02. The van der Waals surface area contributed by atoms with Crippen molar-refractivity contribution in [3.63, 3.8) is 0 Å². The highest BCUT2D eigenvalue weighted by atomic mass is 16.5. The first-order valence-electron chi connectivity index (χ1n) is 6.67. The van der Waals surface area contributed by atoms with Crippen molar-refractivity contribution < 1.29 is 24.8 Å². The van der Waals surface area contributed by atoms with Crippen molar-refractivity contribution in [1.29, 1.82) is 0 Å². The van der Waals surface area contributed by atoms with Crippen LogP contribution in [0.3, 0.4) is 0 Å². The summed E-state index contributed by atoms with van der Waals surface area (Å²) in [6.45, 7) is 0. The van der Waals surface area contributed by atoms with Crippen LogP contribution in [0.4, 0.5) is 0 Å². The fraction of sp³-hybridized carbons (Fsp3) is 0.250. The molecule has 110 valence electrons. The van der Waals surface area contributed by atoms with Crippen LogP contribution in [0.5, 0.6) is 28.7 Å². The summed E-state index contributed by atoms with van der Waals surface area (Å²) in [6.07, 6.45) is 1.13. The number of rotatable bonds is 2. The maximum absolute atomic E-state index is 9.82. The molecule has 2 aromatic carbocycles. The highest BCUT2D eigenvalue weighted by Crippen LogP contribution is 2.42.